The molecule has 2 unspecified atom stereocenters. The first-order valence-electron chi connectivity index (χ1n) is 7.25. The second-order valence-corrected chi connectivity index (χ2v) is 6.32. The van der Waals surface area contributed by atoms with E-state index in [4.69, 9.17) is 4.74 Å². The molecule has 1 aliphatic heterocycles. The molecule has 0 amide bonds. The van der Waals surface area contributed by atoms with Gasteiger partial charge in [0.2, 0.25) is 0 Å². The zero-order chi connectivity index (χ0) is 14.4. The second kappa shape index (κ2) is 4.78. The van der Waals surface area contributed by atoms with Crippen LogP contribution in [0.2, 0.25) is 0 Å². The van der Waals surface area contributed by atoms with Gasteiger partial charge in [0.25, 0.3) is 0 Å². The molecule has 1 aliphatic carbocycles. The van der Waals surface area contributed by atoms with E-state index < -0.39 is 17.2 Å². The Labute approximate surface area is 117 Å². The number of rotatable bonds is 2. The van der Waals surface area contributed by atoms with E-state index in [9.17, 15) is 13.9 Å². The third-order valence-electron chi connectivity index (χ3n) is 5.05. The van der Waals surface area contributed by atoms with Gasteiger partial charge in [0.05, 0.1) is 11.2 Å². The molecule has 4 heteroatoms. The summed E-state index contributed by atoms with van der Waals surface area (Å²) in [5.74, 6) is -1.95. The van der Waals surface area contributed by atoms with E-state index >= 15 is 0 Å². The molecule has 1 spiro atoms. The minimum atomic E-state index is -1.36. The van der Waals surface area contributed by atoms with Gasteiger partial charge in [-0.05, 0) is 51.0 Å². The lowest BCUT2D eigenvalue weighted by atomic mass is 9.67. The number of benzene rings is 1. The van der Waals surface area contributed by atoms with Crippen LogP contribution in [0.25, 0.3) is 0 Å². The highest BCUT2D eigenvalue weighted by Crippen LogP contribution is 2.49. The summed E-state index contributed by atoms with van der Waals surface area (Å²) >= 11 is 0. The van der Waals surface area contributed by atoms with Crippen LogP contribution in [0, 0.1) is 17.6 Å². The van der Waals surface area contributed by atoms with Crippen molar-refractivity contribution in [1.29, 1.82) is 0 Å². The molecular formula is C16H20F2O2. The van der Waals surface area contributed by atoms with Gasteiger partial charge in [0.15, 0.2) is 11.6 Å². The minimum Gasteiger partial charge on any atom is -0.385 e. The predicted octanol–water partition coefficient (Wildman–Crippen LogP) is 3.52. The van der Waals surface area contributed by atoms with E-state index in [0.717, 1.165) is 31.7 Å². The molecule has 0 aromatic heterocycles. The average Bonchev–Trinajstić information content (AvgIpc) is 2.40. The SMILES string of the molecule is CC(O)(c1cccc(F)c1F)C1CCOC2(CCC2)C1. The van der Waals surface area contributed by atoms with Gasteiger partial charge in [0, 0.05) is 12.2 Å². The van der Waals surface area contributed by atoms with Gasteiger partial charge < -0.3 is 9.84 Å². The highest BCUT2D eigenvalue weighted by atomic mass is 19.2. The number of aliphatic hydroxyl groups is 1. The van der Waals surface area contributed by atoms with Crippen LogP contribution in [0.4, 0.5) is 8.78 Å². The quantitative estimate of drug-likeness (QED) is 0.899. The molecule has 2 atom stereocenters. The Morgan fingerprint density at radius 1 is 1.35 bits per heavy atom. The Morgan fingerprint density at radius 3 is 2.75 bits per heavy atom. The van der Waals surface area contributed by atoms with Crippen molar-refractivity contribution in [2.75, 3.05) is 6.61 Å². The minimum absolute atomic E-state index is 0.0545. The van der Waals surface area contributed by atoms with Crippen molar-refractivity contribution in [3.05, 3.63) is 35.4 Å². The predicted molar refractivity (Wildman–Crippen MR) is 71.2 cm³/mol. The summed E-state index contributed by atoms with van der Waals surface area (Å²) < 4.78 is 33.2. The van der Waals surface area contributed by atoms with Crippen molar-refractivity contribution in [2.24, 2.45) is 5.92 Å². The van der Waals surface area contributed by atoms with Gasteiger partial charge >= 0.3 is 0 Å². The van der Waals surface area contributed by atoms with Gasteiger partial charge in [-0.25, -0.2) is 8.78 Å². The van der Waals surface area contributed by atoms with Gasteiger partial charge in [-0.1, -0.05) is 12.1 Å². The van der Waals surface area contributed by atoms with Crippen molar-refractivity contribution in [2.45, 2.75) is 50.2 Å². The largest absolute Gasteiger partial charge is 0.385 e. The van der Waals surface area contributed by atoms with Crippen LogP contribution in [0.5, 0.6) is 0 Å². The van der Waals surface area contributed by atoms with Crippen LogP contribution in [-0.4, -0.2) is 17.3 Å². The first-order chi connectivity index (χ1) is 9.45. The number of ether oxygens (including phenoxy) is 1. The zero-order valence-corrected chi connectivity index (χ0v) is 11.7. The summed E-state index contributed by atoms with van der Waals surface area (Å²) in [6, 6.07) is 3.99. The fraction of sp³-hybridized carbons (Fsp3) is 0.625. The summed E-state index contributed by atoms with van der Waals surface area (Å²) in [5.41, 5.74) is -1.44. The summed E-state index contributed by atoms with van der Waals surface area (Å²) in [6.45, 7) is 2.17. The van der Waals surface area contributed by atoms with E-state index in [-0.39, 0.29) is 17.1 Å². The van der Waals surface area contributed by atoms with E-state index in [0.29, 0.717) is 13.0 Å². The van der Waals surface area contributed by atoms with E-state index in [1.54, 1.807) is 6.92 Å². The van der Waals surface area contributed by atoms with Crippen LogP contribution < -0.4 is 0 Å². The van der Waals surface area contributed by atoms with Gasteiger partial charge in [0.1, 0.15) is 0 Å². The van der Waals surface area contributed by atoms with Crippen LogP contribution in [0.15, 0.2) is 18.2 Å². The molecule has 0 radical (unpaired) electrons. The maximum Gasteiger partial charge on any atom is 0.164 e. The first-order valence-corrected chi connectivity index (χ1v) is 7.25. The molecule has 1 saturated carbocycles. The fourth-order valence-corrected chi connectivity index (χ4v) is 3.54. The molecule has 1 saturated heterocycles. The van der Waals surface area contributed by atoms with Gasteiger partial charge in [-0.2, -0.15) is 0 Å². The Morgan fingerprint density at radius 2 is 2.10 bits per heavy atom. The Balaban J connectivity index is 1.88. The monoisotopic (exact) mass is 282 g/mol. The van der Waals surface area contributed by atoms with Crippen LogP contribution in [0.1, 0.15) is 44.6 Å². The molecule has 2 fully saturated rings. The normalized spacial score (nSPS) is 27.9. The van der Waals surface area contributed by atoms with Crippen LogP contribution in [-0.2, 0) is 10.3 Å². The third-order valence-corrected chi connectivity index (χ3v) is 5.05. The molecule has 20 heavy (non-hydrogen) atoms. The highest BCUT2D eigenvalue weighted by molar-refractivity contribution is 5.26. The summed E-state index contributed by atoms with van der Waals surface area (Å²) in [4.78, 5) is 0. The topological polar surface area (TPSA) is 29.5 Å². The van der Waals surface area contributed by atoms with Crippen LogP contribution in [0.3, 0.4) is 0 Å². The lowest BCUT2D eigenvalue weighted by Crippen LogP contribution is -2.50. The molecule has 1 heterocycles. The number of hydrogen-bond donors (Lipinski definition) is 1. The van der Waals surface area contributed by atoms with E-state index in [2.05, 4.69) is 0 Å². The number of hydrogen-bond acceptors (Lipinski definition) is 2. The molecule has 0 bridgehead atoms. The van der Waals surface area contributed by atoms with Crippen molar-refractivity contribution in [3.63, 3.8) is 0 Å². The van der Waals surface area contributed by atoms with E-state index in [1.165, 1.54) is 12.1 Å². The first kappa shape index (κ1) is 14.0. The third kappa shape index (κ3) is 2.15. The highest BCUT2D eigenvalue weighted by Gasteiger charge is 2.48. The molecule has 2 aliphatic rings. The van der Waals surface area contributed by atoms with Crippen molar-refractivity contribution >= 4 is 0 Å². The standard InChI is InChI=1S/C16H20F2O2/c1-15(19,12-4-2-5-13(17)14(12)18)11-6-9-20-16(10-11)7-3-8-16/h2,4-5,11,19H,3,6-10H2,1H3. The lowest BCUT2D eigenvalue weighted by Gasteiger charge is -2.50. The molecule has 1 aromatic carbocycles. The van der Waals surface area contributed by atoms with E-state index in [1.807, 2.05) is 0 Å². The average molecular weight is 282 g/mol. The van der Waals surface area contributed by atoms with Gasteiger partial charge in [-0.15, -0.1) is 0 Å². The Bertz CT molecular complexity index is 509. The Hall–Kier alpha value is -1.00. The summed E-state index contributed by atoms with van der Waals surface area (Å²) in [7, 11) is 0. The maximum absolute atomic E-state index is 14.0. The zero-order valence-electron chi connectivity index (χ0n) is 11.7. The molecule has 1 N–H and O–H groups in total. The van der Waals surface area contributed by atoms with Crippen LogP contribution >= 0.6 is 0 Å². The molecule has 1 aromatic rings. The maximum atomic E-state index is 14.0. The Kier molecular flexibility index (Phi) is 3.33. The molecule has 2 nitrogen and oxygen atoms in total. The fourth-order valence-electron chi connectivity index (χ4n) is 3.54. The lowest BCUT2D eigenvalue weighted by molar-refractivity contribution is -0.174. The number of halogens is 2. The van der Waals surface area contributed by atoms with Crippen molar-refractivity contribution in [1.82, 2.24) is 0 Å². The van der Waals surface area contributed by atoms with Crippen molar-refractivity contribution in [3.8, 4) is 0 Å². The molecule has 110 valence electrons. The van der Waals surface area contributed by atoms with Gasteiger partial charge in [-0.3, -0.25) is 0 Å². The molecular weight excluding hydrogens is 262 g/mol. The second-order valence-electron chi connectivity index (χ2n) is 6.32. The smallest absolute Gasteiger partial charge is 0.164 e. The summed E-state index contributed by atoms with van der Waals surface area (Å²) in [6.07, 6.45) is 4.54. The molecule has 3 rings (SSSR count). The summed E-state index contributed by atoms with van der Waals surface area (Å²) in [5, 5.41) is 10.8. The van der Waals surface area contributed by atoms with Crippen molar-refractivity contribution < 1.29 is 18.6 Å².